The highest BCUT2D eigenvalue weighted by molar-refractivity contribution is 9.10. The molecule has 1 saturated carbocycles. The average molecular weight is 527 g/mol. The van der Waals surface area contributed by atoms with E-state index >= 15 is 0 Å². The quantitative estimate of drug-likeness (QED) is 0.489. The van der Waals surface area contributed by atoms with Gasteiger partial charge in [-0.1, -0.05) is 15.9 Å². The van der Waals surface area contributed by atoms with Gasteiger partial charge in [0.15, 0.2) is 0 Å². The molecular formula is C25H36BrNO4S. The van der Waals surface area contributed by atoms with Crippen molar-refractivity contribution in [1.29, 1.82) is 0 Å². The van der Waals surface area contributed by atoms with Gasteiger partial charge >= 0.3 is 6.09 Å². The van der Waals surface area contributed by atoms with Gasteiger partial charge < -0.3 is 14.4 Å². The standard InChI is InChI=1S/C25H36BrNO4S/c1-22(2,3)31-21(28)27-11-9-24(10-12-27)16-25(14-17(25)15-32(29)23(4,5)6)19-13-18(26)7-8-20(19)30-24/h7-8,13,17H,9-12,14-16H2,1-6H3/t17?,25?,32-/m0/s1. The molecule has 0 bridgehead atoms. The number of amides is 1. The van der Waals surface area contributed by atoms with Crippen LogP contribution < -0.4 is 4.74 Å². The van der Waals surface area contributed by atoms with E-state index in [1.54, 1.807) is 0 Å². The summed E-state index contributed by atoms with van der Waals surface area (Å²) in [6, 6.07) is 6.29. The van der Waals surface area contributed by atoms with E-state index in [4.69, 9.17) is 9.47 Å². The Kier molecular flexibility index (Phi) is 6.02. The molecule has 0 N–H and O–H groups in total. The van der Waals surface area contributed by atoms with E-state index < -0.39 is 16.4 Å². The number of fused-ring (bicyclic) bond motifs is 2. The summed E-state index contributed by atoms with van der Waals surface area (Å²) in [7, 11) is -0.875. The van der Waals surface area contributed by atoms with Gasteiger partial charge in [-0.25, -0.2) is 4.79 Å². The molecule has 1 aromatic rings. The number of carbonyl (C=O) groups is 1. The van der Waals surface area contributed by atoms with Crippen LogP contribution >= 0.6 is 15.9 Å². The van der Waals surface area contributed by atoms with Crippen molar-refractivity contribution in [1.82, 2.24) is 4.90 Å². The first-order valence-corrected chi connectivity index (χ1v) is 13.7. The number of benzene rings is 1. The largest absolute Gasteiger partial charge is 0.487 e. The Labute approximate surface area is 203 Å². The lowest BCUT2D eigenvalue weighted by Crippen LogP contribution is -2.54. The highest BCUT2D eigenvalue weighted by atomic mass is 79.9. The molecule has 3 atom stereocenters. The van der Waals surface area contributed by atoms with E-state index in [9.17, 15) is 9.00 Å². The fraction of sp³-hybridized carbons (Fsp3) is 0.720. The first-order valence-electron chi connectivity index (χ1n) is 11.6. The third-order valence-corrected chi connectivity index (χ3v) is 9.60. The first-order chi connectivity index (χ1) is 14.7. The zero-order valence-corrected chi connectivity index (χ0v) is 22.5. The molecule has 32 heavy (non-hydrogen) atoms. The van der Waals surface area contributed by atoms with Crippen molar-refractivity contribution >= 4 is 32.8 Å². The number of halogens is 1. The second-order valence-electron chi connectivity index (χ2n) is 11.8. The van der Waals surface area contributed by atoms with Crippen molar-refractivity contribution in [2.24, 2.45) is 5.92 Å². The number of nitrogens with zero attached hydrogens (tertiary/aromatic N) is 1. The molecule has 1 aromatic carbocycles. The molecule has 4 rings (SSSR count). The van der Waals surface area contributed by atoms with Gasteiger partial charge in [-0.2, -0.15) is 0 Å². The minimum atomic E-state index is -0.875. The third-order valence-electron chi connectivity index (χ3n) is 7.04. The summed E-state index contributed by atoms with van der Waals surface area (Å²) >= 11 is 3.63. The minimum Gasteiger partial charge on any atom is -0.487 e. The molecule has 2 heterocycles. The molecule has 1 saturated heterocycles. The van der Waals surface area contributed by atoms with Crippen LogP contribution in [0.1, 0.15) is 72.8 Å². The Hall–Kier alpha value is -1.08. The lowest BCUT2D eigenvalue weighted by atomic mass is 9.74. The molecular weight excluding hydrogens is 490 g/mol. The molecule has 2 unspecified atom stereocenters. The molecule has 1 aliphatic carbocycles. The lowest BCUT2D eigenvalue weighted by Gasteiger charge is -2.47. The highest BCUT2D eigenvalue weighted by Crippen LogP contribution is 2.65. The monoisotopic (exact) mass is 525 g/mol. The van der Waals surface area contributed by atoms with Crippen molar-refractivity contribution in [3.8, 4) is 5.75 Å². The van der Waals surface area contributed by atoms with Crippen molar-refractivity contribution in [2.45, 2.75) is 88.6 Å². The summed E-state index contributed by atoms with van der Waals surface area (Å²) in [6.07, 6.45) is 3.32. The maximum Gasteiger partial charge on any atom is 0.410 e. The van der Waals surface area contributed by atoms with Gasteiger partial charge in [0.05, 0.1) is 0 Å². The maximum atomic E-state index is 12.9. The fourth-order valence-electron chi connectivity index (χ4n) is 5.20. The molecule has 0 radical (unpaired) electrons. The van der Waals surface area contributed by atoms with Gasteiger partial charge in [0.1, 0.15) is 17.0 Å². The fourth-order valence-corrected chi connectivity index (χ4v) is 6.86. The van der Waals surface area contributed by atoms with Crippen molar-refractivity contribution < 1.29 is 18.5 Å². The van der Waals surface area contributed by atoms with Gasteiger partial charge in [-0.15, -0.1) is 0 Å². The van der Waals surface area contributed by atoms with E-state index in [1.807, 2.05) is 31.7 Å². The zero-order chi connectivity index (χ0) is 23.5. The maximum absolute atomic E-state index is 12.9. The van der Waals surface area contributed by atoms with Crippen LogP contribution in [0.2, 0.25) is 0 Å². The predicted molar refractivity (Wildman–Crippen MR) is 132 cm³/mol. The van der Waals surface area contributed by atoms with Gasteiger partial charge in [0.2, 0.25) is 0 Å². The van der Waals surface area contributed by atoms with Crippen LogP contribution in [0.25, 0.3) is 0 Å². The van der Waals surface area contributed by atoms with E-state index in [2.05, 4.69) is 48.8 Å². The van der Waals surface area contributed by atoms with Crippen molar-refractivity contribution in [2.75, 3.05) is 18.8 Å². The topological polar surface area (TPSA) is 55.8 Å². The van der Waals surface area contributed by atoms with Crippen LogP contribution in [-0.4, -0.2) is 50.0 Å². The van der Waals surface area contributed by atoms with E-state index in [1.165, 1.54) is 5.56 Å². The summed E-state index contributed by atoms with van der Waals surface area (Å²) in [5.41, 5.74) is 0.500. The second kappa shape index (κ2) is 8.00. The van der Waals surface area contributed by atoms with Gasteiger partial charge in [-0.3, -0.25) is 4.21 Å². The first kappa shape index (κ1) is 24.1. The van der Waals surface area contributed by atoms with Gasteiger partial charge in [-0.05, 0) is 78.5 Å². The molecule has 7 heteroatoms. The van der Waals surface area contributed by atoms with Crippen LogP contribution in [0.4, 0.5) is 4.79 Å². The third kappa shape index (κ3) is 4.75. The Morgan fingerprint density at radius 1 is 1.22 bits per heavy atom. The van der Waals surface area contributed by atoms with Crippen LogP contribution in [-0.2, 0) is 21.0 Å². The Morgan fingerprint density at radius 3 is 2.47 bits per heavy atom. The normalized spacial score (nSPS) is 27.6. The molecule has 2 aliphatic heterocycles. The van der Waals surface area contributed by atoms with E-state index in [0.717, 1.165) is 41.7 Å². The van der Waals surface area contributed by atoms with E-state index in [-0.39, 0.29) is 21.9 Å². The lowest BCUT2D eigenvalue weighted by molar-refractivity contribution is -0.0358. The number of hydrogen-bond donors (Lipinski definition) is 0. The highest BCUT2D eigenvalue weighted by Gasteiger charge is 2.63. The molecule has 0 aromatic heterocycles. The summed E-state index contributed by atoms with van der Waals surface area (Å²) in [5, 5.41) is 0. The molecule has 3 aliphatic rings. The van der Waals surface area contributed by atoms with Crippen molar-refractivity contribution in [3.05, 3.63) is 28.2 Å². The Balaban J connectivity index is 1.54. The summed E-state index contributed by atoms with van der Waals surface area (Å²) in [5.74, 6) is 2.09. The number of carbonyl (C=O) groups excluding carboxylic acids is 1. The number of hydrogen-bond acceptors (Lipinski definition) is 4. The van der Waals surface area contributed by atoms with Gasteiger partial charge in [0.25, 0.3) is 0 Å². The molecule has 178 valence electrons. The molecule has 1 amide bonds. The second-order valence-corrected chi connectivity index (χ2v) is 14.9. The van der Waals surface area contributed by atoms with Crippen LogP contribution in [0.5, 0.6) is 5.75 Å². The van der Waals surface area contributed by atoms with Crippen LogP contribution in [0.3, 0.4) is 0 Å². The Morgan fingerprint density at radius 2 is 1.88 bits per heavy atom. The number of rotatable bonds is 2. The molecule has 5 nitrogen and oxygen atoms in total. The Bertz CT molecular complexity index is 927. The molecule has 2 fully saturated rings. The smallest absolute Gasteiger partial charge is 0.410 e. The number of likely N-dealkylation sites (tertiary alicyclic amines) is 1. The summed E-state index contributed by atoms with van der Waals surface area (Å²) in [4.78, 5) is 14.4. The summed E-state index contributed by atoms with van der Waals surface area (Å²) < 4.78 is 26.0. The van der Waals surface area contributed by atoms with E-state index in [0.29, 0.717) is 19.0 Å². The zero-order valence-electron chi connectivity index (χ0n) is 20.1. The molecule has 2 spiro atoms. The van der Waals surface area contributed by atoms with Gasteiger partial charge in [0, 0.05) is 62.7 Å². The number of piperidine rings is 1. The summed E-state index contributed by atoms with van der Waals surface area (Å²) in [6.45, 7) is 13.1. The van der Waals surface area contributed by atoms with Crippen molar-refractivity contribution in [3.63, 3.8) is 0 Å². The van der Waals surface area contributed by atoms with Crippen LogP contribution in [0.15, 0.2) is 22.7 Å². The predicted octanol–water partition coefficient (Wildman–Crippen LogP) is 5.81. The average Bonchev–Trinajstić information content (AvgIpc) is 3.32. The van der Waals surface area contributed by atoms with Crippen LogP contribution in [0, 0.1) is 5.92 Å². The SMILES string of the molecule is CC(C)(C)OC(=O)N1CCC2(CC1)CC1(CC1C[S@](=O)C(C)(C)C)c1cc(Br)ccc1O2. The number of ether oxygens (including phenoxy) is 2. The minimum absolute atomic E-state index is 0.0202.